The highest BCUT2D eigenvalue weighted by atomic mass is 16.7. The molecule has 0 aromatic heterocycles. The monoisotopic (exact) mass is 354 g/mol. The van der Waals surface area contributed by atoms with Crippen LogP contribution in [0.5, 0.6) is 5.75 Å². The first kappa shape index (κ1) is 17.5. The van der Waals surface area contributed by atoms with Gasteiger partial charge in [0, 0.05) is 12.0 Å². The predicted molar refractivity (Wildman–Crippen MR) is 99.2 cm³/mol. The Morgan fingerprint density at radius 2 is 2.00 bits per heavy atom. The summed E-state index contributed by atoms with van der Waals surface area (Å²) in [6.07, 6.45) is 1.59. The van der Waals surface area contributed by atoms with Gasteiger partial charge >= 0.3 is 0 Å². The molecular weight excluding hydrogens is 328 g/mol. The van der Waals surface area contributed by atoms with E-state index in [1.54, 1.807) is 7.11 Å². The van der Waals surface area contributed by atoms with Gasteiger partial charge < -0.3 is 19.3 Å². The molecule has 2 aromatic carbocycles. The summed E-state index contributed by atoms with van der Waals surface area (Å²) >= 11 is 0. The second-order valence-corrected chi connectivity index (χ2v) is 7.52. The molecule has 4 heteroatoms. The van der Waals surface area contributed by atoms with Gasteiger partial charge in [0.2, 0.25) is 0 Å². The summed E-state index contributed by atoms with van der Waals surface area (Å²) in [5, 5.41) is 10.3. The van der Waals surface area contributed by atoms with Crippen molar-refractivity contribution in [1.29, 1.82) is 0 Å². The maximum Gasteiger partial charge on any atom is 0.198 e. The largest absolute Gasteiger partial charge is 0.497 e. The van der Waals surface area contributed by atoms with E-state index in [9.17, 15) is 5.11 Å². The number of methoxy groups -OCH3 is 1. The van der Waals surface area contributed by atoms with Gasteiger partial charge in [-0.25, -0.2) is 0 Å². The molecule has 2 heterocycles. The molecule has 0 radical (unpaired) electrons. The summed E-state index contributed by atoms with van der Waals surface area (Å²) in [4.78, 5) is 0. The quantitative estimate of drug-likeness (QED) is 0.910. The van der Waals surface area contributed by atoms with Crippen LogP contribution >= 0.6 is 0 Å². The van der Waals surface area contributed by atoms with Gasteiger partial charge in [0.05, 0.1) is 25.9 Å². The van der Waals surface area contributed by atoms with Crippen LogP contribution in [0, 0.1) is 6.92 Å². The van der Waals surface area contributed by atoms with E-state index in [4.69, 9.17) is 14.2 Å². The summed E-state index contributed by atoms with van der Waals surface area (Å²) in [5.41, 5.74) is 6.00. The summed E-state index contributed by atoms with van der Waals surface area (Å²) in [6.45, 7) is 4.68. The smallest absolute Gasteiger partial charge is 0.198 e. The van der Waals surface area contributed by atoms with Crippen LogP contribution in [0.3, 0.4) is 0 Å². The van der Waals surface area contributed by atoms with Crippen LogP contribution < -0.4 is 4.74 Å². The average Bonchev–Trinajstić information content (AvgIpc) is 2.91. The number of rotatable bonds is 3. The molecule has 1 fully saturated rings. The fourth-order valence-corrected chi connectivity index (χ4v) is 4.18. The van der Waals surface area contributed by atoms with Crippen molar-refractivity contribution in [2.75, 3.05) is 7.11 Å². The topological polar surface area (TPSA) is 47.9 Å². The first-order valence-electron chi connectivity index (χ1n) is 9.25. The highest BCUT2D eigenvalue weighted by Crippen LogP contribution is 2.46. The molecule has 0 saturated carbocycles. The van der Waals surface area contributed by atoms with E-state index >= 15 is 0 Å². The fraction of sp³-hybridized carbons (Fsp3) is 0.455. The number of aliphatic hydroxyl groups is 1. The highest BCUT2D eigenvalue weighted by Gasteiger charge is 2.47. The highest BCUT2D eigenvalue weighted by molar-refractivity contribution is 5.44. The third kappa shape index (κ3) is 3.13. The average molecular weight is 354 g/mol. The number of hydrogen-bond acceptors (Lipinski definition) is 4. The first-order valence-corrected chi connectivity index (χ1v) is 9.25. The Labute approximate surface area is 154 Å². The van der Waals surface area contributed by atoms with Crippen LogP contribution in [0.4, 0.5) is 0 Å². The van der Waals surface area contributed by atoms with Gasteiger partial charge in [-0.15, -0.1) is 0 Å². The van der Waals surface area contributed by atoms with E-state index in [0.29, 0.717) is 19.4 Å². The maximum atomic E-state index is 10.3. The van der Waals surface area contributed by atoms with E-state index in [-0.39, 0.29) is 6.10 Å². The van der Waals surface area contributed by atoms with Crippen molar-refractivity contribution in [1.82, 2.24) is 0 Å². The summed E-state index contributed by atoms with van der Waals surface area (Å²) in [6, 6.07) is 12.6. The SMILES string of the molecule is COc1ccc(Cc2cc3c(cc2C)CO[C@@]32CC(O)CC(C)O2)cc1. The number of ether oxygens (including phenoxy) is 3. The van der Waals surface area contributed by atoms with E-state index in [1.807, 2.05) is 19.1 Å². The molecule has 2 aliphatic heterocycles. The molecule has 0 aliphatic carbocycles. The lowest BCUT2D eigenvalue weighted by Gasteiger charge is -2.39. The minimum absolute atomic E-state index is 0.0176. The fourth-order valence-electron chi connectivity index (χ4n) is 4.18. The van der Waals surface area contributed by atoms with Crippen molar-refractivity contribution in [3.05, 3.63) is 64.2 Å². The lowest BCUT2D eigenvalue weighted by atomic mass is 9.88. The van der Waals surface area contributed by atoms with Gasteiger partial charge in [-0.2, -0.15) is 0 Å². The molecule has 3 atom stereocenters. The molecule has 2 unspecified atom stereocenters. The third-order valence-electron chi connectivity index (χ3n) is 5.49. The molecule has 0 bridgehead atoms. The summed E-state index contributed by atoms with van der Waals surface area (Å²) in [5.74, 6) is 0.0692. The molecule has 0 amide bonds. The van der Waals surface area contributed by atoms with Gasteiger partial charge in [-0.3, -0.25) is 0 Å². The molecule has 4 rings (SSSR count). The number of benzene rings is 2. The van der Waals surface area contributed by atoms with Crippen molar-refractivity contribution in [3.8, 4) is 5.75 Å². The molecule has 1 N–H and O–H groups in total. The van der Waals surface area contributed by atoms with Crippen molar-refractivity contribution in [2.45, 2.75) is 57.7 Å². The molecule has 26 heavy (non-hydrogen) atoms. The molecule has 2 aliphatic rings. The number of hydrogen-bond donors (Lipinski definition) is 1. The lowest BCUT2D eigenvalue weighted by Crippen LogP contribution is -2.43. The zero-order valence-electron chi connectivity index (χ0n) is 15.6. The predicted octanol–water partition coefficient (Wildman–Crippen LogP) is 3.84. The summed E-state index contributed by atoms with van der Waals surface area (Å²) < 4.78 is 17.5. The Bertz CT molecular complexity index is 787. The van der Waals surface area contributed by atoms with Gasteiger partial charge in [0.25, 0.3) is 0 Å². The second-order valence-electron chi connectivity index (χ2n) is 7.52. The van der Waals surface area contributed by atoms with Crippen molar-refractivity contribution in [3.63, 3.8) is 0 Å². The van der Waals surface area contributed by atoms with Crippen molar-refractivity contribution < 1.29 is 19.3 Å². The van der Waals surface area contributed by atoms with E-state index in [1.165, 1.54) is 22.3 Å². The molecule has 1 spiro atoms. The lowest BCUT2D eigenvalue weighted by molar-refractivity contribution is -0.295. The normalized spacial score (nSPS) is 27.5. The molecule has 4 nitrogen and oxygen atoms in total. The van der Waals surface area contributed by atoms with Crippen LogP contribution in [0.25, 0.3) is 0 Å². The van der Waals surface area contributed by atoms with Gasteiger partial charge in [0.15, 0.2) is 5.79 Å². The minimum Gasteiger partial charge on any atom is -0.497 e. The minimum atomic E-state index is -0.797. The van der Waals surface area contributed by atoms with Crippen LogP contribution in [-0.2, 0) is 28.3 Å². The second kappa shape index (κ2) is 6.69. The van der Waals surface area contributed by atoms with Crippen LogP contribution in [0.1, 0.15) is 47.6 Å². The summed E-state index contributed by atoms with van der Waals surface area (Å²) in [7, 11) is 1.68. The number of aliphatic hydroxyl groups excluding tert-OH is 1. The Balaban J connectivity index is 1.67. The van der Waals surface area contributed by atoms with Gasteiger partial charge in [-0.1, -0.05) is 18.2 Å². The van der Waals surface area contributed by atoms with E-state index in [2.05, 4.69) is 31.2 Å². The Kier molecular flexibility index (Phi) is 4.51. The van der Waals surface area contributed by atoms with Crippen LogP contribution in [-0.4, -0.2) is 24.4 Å². The number of aryl methyl sites for hydroxylation is 1. The molecule has 2 aromatic rings. The van der Waals surface area contributed by atoms with Gasteiger partial charge in [0.1, 0.15) is 5.75 Å². The standard InChI is InChI=1S/C22H26O4/c1-14-8-18-13-25-22(12-19(23)9-15(2)26-22)21(18)11-17(14)10-16-4-6-20(24-3)7-5-16/h4-8,11,15,19,23H,9-10,12-13H2,1-3H3/t15?,19?,22-/m1/s1. The first-order chi connectivity index (χ1) is 12.5. The Morgan fingerprint density at radius 1 is 1.23 bits per heavy atom. The molecular formula is C22H26O4. The maximum absolute atomic E-state index is 10.3. The molecule has 138 valence electrons. The zero-order valence-corrected chi connectivity index (χ0v) is 15.6. The van der Waals surface area contributed by atoms with E-state index < -0.39 is 11.9 Å². The van der Waals surface area contributed by atoms with Crippen molar-refractivity contribution in [2.24, 2.45) is 0 Å². The van der Waals surface area contributed by atoms with Crippen LogP contribution in [0.15, 0.2) is 36.4 Å². The zero-order chi connectivity index (χ0) is 18.3. The number of fused-ring (bicyclic) bond motifs is 2. The molecule has 1 saturated heterocycles. The van der Waals surface area contributed by atoms with Gasteiger partial charge in [-0.05, 0) is 67.1 Å². The third-order valence-corrected chi connectivity index (χ3v) is 5.49. The Hall–Kier alpha value is -1.88. The Morgan fingerprint density at radius 3 is 2.69 bits per heavy atom. The van der Waals surface area contributed by atoms with Crippen LogP contribution in [0.2, 0.25) is 0 Å². The van der Waals surface area contributed by atoms with E-state index in [0.717, 1.165) is 17.7 Å². The van der Waals surface area contributed by atoms with Crippen molar-refractivity contribution >= 4 is 0 Å².